The number of ether oxygens (including phenoxy) is 1. The average molecular weight is 239 g/mol. The Bertz CT molecular complexity index is 342. The summed E-state index contributed by atoms with van der Waals surface area (Å²) in [4.78, 5) is 2.73. The van der Waals surface area contributed by atoms with Crippen molar-refractivity contribution in [3.05, 3.63) is 21.4 Å². The maximum atomic E-state index is 6.24. The number of rotatable bonds is 4. The standard InChI is InChI=1S/C13H21NOS/c1-9-8-12(10(2)16-9)13(14)6-5-11-4-3-7-15-11/h8,11,13H,3-7,14H2,1-2H3. The smallest absolute Gasteiger partial charge is 0.0576 e. The Balaban J connectivity index is 1.87. The van der Waals surface area contributed by atoms with Crippen molar-refractivity contribution in [1.82, 2.24) is 0 Å². The van der Waals surface area contributed by atoms with Gasteiger partial charge in [0.1, 0.15) is 0 Å². The Morgan fingerprint density at radius 2 is 2.38 bits per heavy atom. The van der Waals surface area contributed by atoms with Gasteiger partial charge < -0.3 is 10.5 Å². The largest absolute Gasteiger partial charge is 0.378 e. The summed E-state index contributed by atoms with van der Waals surface area (Å²) < 4.78 is 5.62. The fourth-order valence-electron chi connectivity index (χ4n) is 2.41. The van der Waals surface area contributed by atoms with Crippen LogP contribution >= 0.6 is 11.3 Å². The average Bonchev–Trinajstić information content (AvgIpc) is 2.84. The molecule has 0 bridgehead atoms. The number of aryl methyl sites for hydroxylation is 2. The Morgan fingerprint density at radius 3 is 2.94 bits per heavy atom. The predicted octanol–water partition coefficient (Wildman–Crippen LogP) is 3.32. The van der Waals surface area contributed by atoms with Crippen LogP contribution in [0.1, 0.15) is 47.0 Å². The third-order valence-electron chi connectivity index (χ3n) is 3.30. The van der Waals surface area contributed by atoms with Crippen LogP contribution in [0, 0.1) is 13.8 Å². The fraction of sp³-hybridized carbons (Fsp3) is 0.692. The van der Waals surface area contributed by atoms with Crippen LogP contribution in [0.5, 0.6) is 0 Å². The van der Waals surface area contributed by atoms with Gasteiger partial charge in [-0.1, -0.05) is 0 Å². The van der Waals surface area contributed by atoms with Crippen molar-refractivity contribution in [3.63, 3.8) is 0 Å². The van der Waals surface area contributed by atoms with E-state index in [0.29, 0.717) is 6.10 Å². The monoisotopic (exact) mass is 239 g/mol. The van der Waals surface area contributed by atoms with Crippen LogP contribution in [0.3, 0.4) is 0 Å². The van der Waals surface area contributed by atoms with Gasteiger partial charge in [0.05, 0.1) is 6.10 Å². The van der Waals surface area contributed by atoms with E-state index in [2.05, 4.69) is 19.9 Å². The summed E-state index contributed by atoms with van der Waals surface area (Å²) in [7, 11) is 0. The lowest BCUT2D eigenvalue weighted by molar-refractivity contribution is 0.101. The molecule has 3 heteroatoms. The van der Waals surface area contributed by atoms with E-state index in [1.807, 2.05) is 11.3 Å². The van der Waals surface area contributed by atoms with Crippen LogP contribution in [0.15, 0.2) is 6.07 Å². The van der Waals surface area contributed by atoms with Crippen molar-refractivity contribution in [2.24, 2.45) is 5.73 Å². The number of hydrogen-bond donors (Lipinski definition) is 1. The molecule has 1 aromatic heterocycles. The molecular weight excluding hydrogens is 218 g/mol. The van der Waals surface area contributed by atoms with E-state index in [4.69, 9.17) is 10.5 Å². The van der Waals surface area contributed by atoms with Gasteiger partial charge in [-0.25, -0.2) is 0 Å². The number of nitrogens with two attached hydrogens (primary N) is 1. The molecule has 1 saturated heterocycles. The zero-order chi connectivity index (χ0) is 11.5. The molecule has 1 aliphatic rings. The molecule has 0 aliphatic carbocycles. The van der Waals surface area contributed by atoms with Gasteiger partial charge in [-0.3, -0.25) is 0 Å². The number of thiophene rings is 1. The van der Waals surface area contributed by atoms with E-state index in [9.17, 15) is 0 Å². The van der Waals surface area contributed by atoms with Crippen LogP contribution in [0.2, 0.25) is 0 Å². The highest BCUT2D eigenvalue weighted by atomic mass is 32.1. The van der Waals surface area contributed by atoms with Crippen molar-refractivity contribution in [2.75, 3.05) is 6.61 Å². The summed E-state index contributed by atoms with van der Waals surface area (Å²) in [5.74, 6) is 0. The normalized spacial score (nSPS) is 22.6. The Kier molecular flexibility index (Phi) is 4.00. The molecule has 0 radical (unpaired) electrons. The summed E-state index contributed by atoms with van der Waals surface area (Å²) in [6.07, 6.45) is 5.05. The molecule has 90 valence electrons. The minimum absolute atomic E-state index is 0.189. The first-order chi connectivity index (χ1) is 7.66. The zero-order valence-corrected chi connectivity index (χ0v) is 11.0. The van der Waals surface area contributed by atoms with Gasteiger partial charge in [0.15, 0.2) is 0 Å². The summed E-state index contributed by atoms with van der Waals surface area (Å²) >= 11 is 1.84. The van der Waals surface area contributed by atoms with E-state index in [0.717, 1.165) is 19.4 Å². The highest BCUT2D eigenvalue weighted by Crippen LogP contribution is 2.29. The molecule has 2 atom stereocenters. The van der Waals surface area contributed by atoms with Crippen molar-refractivity contribution in [1.29, 1.82) is 0 Å². The van der Waals surface area contributed by atoms with Crippen LogP contribution in [-0.4, -0.2) is 12.7 Å². The molecular formula is C13H21NOS. The second-order valence-corrected chi connectivity index (χ2v) is 6.15. The lowest BCUT2D eigenvalue weighted by Crippen LogP contribution is -2.14. The highest BCUT2D eigenvalue weighted by Gasteiger charge is 2.18. The van der Waals surface area contributed by atoms with E-state index < -0.39 is 0 Å². The first-order valence-corrected chi connectivity index (χ1v) is 6.92. The van der Waals surface area contributed by atoms with Gasteiger partial charge in [0.25, 0.3) is 0 Å². The Hall–Kier alpha value is -0.380. The summed E-state index contributed by atoms with van der Waals surface area (Å²) in [6.45, 7) is 5.25. The molecule has 1 aromatic rings. The van der Waals surface area contributed by atoms with Gasteiger partial charge in [-0.2, -0.15) is 0 Å². The molecule has 2 N–H and O–H groups in total. The highest BCUT2D eigenvalue weighted by molar-refractivity contribution is 7.12. The zero-order valence-electron chi connectivity index (χ0n) is 10.2. The lowest BCUT2D eigenvalue weighted by Gasteiger charge is -2.14. The fourth-order valence-corrected chi connectivity index (χ4v) is 3.41. The summed E-state index contributed by atoms with van der Waals surface area (Å²) in [5.41, 5.74) is 7.57. The molecule has 2 rings (SSSR count). The molecule has 2 unspecified atom stereocenters. The molecule has 1 fully saturated rings. The third-order valence-corrected chi connectivity index (χ3v) is 4.28. The minimum Gasteiger partial charge on any atom is -0.378 e. The van der Waals surface area contributed by atoms with Gasteiger partial charge in [0.2, 0.25) is 0 Å². The summed E-state index contributed by atoms with van der Waals surface area (Å²) in [6, 6.07) is 2.43. The maximum absolute atomic E-state index is 6.24. The van der Waals surface area contributed by atoms with Crippen LogP contribution < -0.4 is 5.73 Å². The molecule has 2 heterocycles. The molecule has 0 spiro atoms. The van der Waals surface area contributed by atoms with Gasteiger partial charge in [0, 0.05) is 22.4 Å². The minimum atomic E-state index is 0.189. The first kappa shape index (κ1) is 12.1. The number of hydrogen-bond acceptors (Lipinski definition) is 3. The van der Waals surface area contributed by atoms with E-state index in [-0.39, 0.29) is 6.04 Å². The van der Waals surface area contributed by atoms with E-state index in [1.54, 1.807) is 0 Å². The molecule has 2 nitrogen and oxygen atoms in total. The summed E-state index contributed by atoms with van der Waals surface area (Å²) in [5, 5.41) is 0. The molecule has 0 amide bonds. The first-order valence-electron chi connectivity index (χ1n) is 6.11. The van der Waals surface area contributed by atoms with Crippen LogP contribution in [0.4, 0.5) is 0 Å². The molecule has 0 aromatic carbocycles. The van der Waals surface area contributed by atoms with Crippen molar-refractivity contribution >= 4 is 11.3 Å². The van der Waals surface area contributed by atoms with Crippen LogP contribution in [-0.2, 0) is 4.74 Å². The van der Waals surface area contributed by atoms with Crippen molar-refractivity contribution in [2.45, 2.75) is 51.7 Å². The Labute approximate surface area is 102 Å². The van der Waals surface area contributed by atoms with Crippen molar-refractivity contribution < 1.29 is 4.74 Å². The SMILES string of the molecule is Cc1cc(C(N)CCC2CCCO2)c(C)s1. The van der Waals surface area contributed by atoms with E-state index in [1.165, 1.54) is 28.2 Å². The van der Waals surface area contributed by atoms with Crippen LogP contribution in [0.25, 0.3) is 0 Å². The second-order valence-electron chi connectivity index (χ2n) is 4.69. The second kappa shape index (κ2) is 5.30. The quantitative estimate of drug-likeness (QED) is 0.874. The molecule has 1 aliphatic heterocycles. The Morgan fingerprint density at radius 1 is 1.56 bits per heavy atom. The van der Waals surface area contributed by atoms with Gasteiger partial charge in [-0.15, -0.1) is 11.3 Å². The van der Waals surface area contributed by atoms with Gasteiger partial charge in [-0.05, 0) is 51.2 Å². The van der Waals surface area contributed by atoms with E-state index >= 15 is 0 Å². The maximum Gasteiger partial charge on any atom is 0.0576 e. The lowest BCUT2D eigenvalue weighted by atomic mass is 10.0. The van der Waals surface area contributed by atoms with Gasteiger partial charge >= 0.3 is 0 Å². The topological polar surface area (TPSA) is 35.2 Å². The van der Waals surface area contributed by atoms with Crippen molar-refractivity contribution in [3.8, 4) is 0 Å². The third kappa shape index (κ3) is 2.84. The molecule has 16 heavy (non-hydrogen) atoms. The predicted molar refractivity (Wildman–Crippen MR) is 68.9 cm³/mol. The molecule has 0 saturated carbocycles.